The van der Waals surface area contributed by atoms with Crippen molar-refractivity contribution in [2.24, 2.45) is 0 Å². The van der Waals surface area contributed by atoms with Crippen LogP contribution in [-0.2, 0) is 9.84 Å². The van der Waals surface area contributed by atoms with Crippen molar-refractivity contribution in [1.29, 1.82) is 0 Å². The number of carbonyl (C=O) groups is 1. The Kier molecular flexibility index (Phi) is 5.39. The average molecular weight is 314 g/mol. The SMILES string of the molecule is CCOc1ccc(C(=O)C(C)(C)S(C)(=O)=O)cc1OCC. The summed E-state index contributed by atoms with van der Waals surface area (Å²) in [5.74, 6) is 0.511. The van der Waals surface area contributed by atoms with Gasteiger partial charge in [-0.3, -0.25) is 4.79 Å². The van der Waals surface area contributed by atoms with Gasteiger partial charge in [-0.2, -0.15) is 0 Å². The van der Waals surface area contributed by atoms with E-state index in [9.17, 15) is 13.2 Å². The highest BCUT2D eigenvalue weighted by molar-refractivity contribution is 7.92. The summed E-state index contributed by atoms with van der Waals surface area (Å²) >= 11 is 0. The molecule has 0 aliphatic heterocycles. The zero-order valence-corrected chi connectivity index (χ0v) is 13.9. The Morgan fingerprint density at radius 3 is 2.10 bits per heavy atom. The fraction of sp³-hybridized carbons (Fsp3) is 0.533. The maximum Gasteiger partial charge on any atom is 0.183 e. The molecule has 1 aromatic rings. The maximum atomic E-state index is 12.5. The van der Waals surface area contributed by atoms with Gasteiger partial charge in [0.15, 0.2) is 27.1 Å². The first kappa shape index (κ1) is 17.5. The highest BCUT2D eigenvalue weighted by Crippen LogP contribution is 2.31. The van der Waals surface area contributed by atoms with Gasteiger partial charge in [-0.05, 0) is 45.9 Å². The van der Waals surface area contributed by atoms with Crippen molar-refractivity contribution in [3.8, 4) is 11.5 Å². The Bertz CT molecular complexity index is 617. The van der Waals surface area contributed by atoms with Crippen LogP contribution in [0.5, 0.6) is 11.5 Å². The minimum Gasteiger partial charge on any atom is -0.490 e. The van der Waals surface area contributed by atoms with Gasteiger partial charge >= 0.3 is 0 Å². The van der Waals surface area contributed by atoms with Crippen LogP contribution in [0.2, 0.25) is 0 Å². The molecule has 0 N–H and O–H groups in total. The largest absolute Gasteiger partial charge is 0.490 e. The summed E-state index contributed by atoms with van der Waals surface area (Å²) in [6.07, 6.45) is 1.06. The van der Waals surface area contributed by atoms with E-state index in [2.05, 4.69) is 0 Å². The minimum absolute atomic E-state index is 0.289. The van der Waals surface area contributed by atoms with Crippen molar-refractivity contribution in [1.82, 2.24) is 0 Å². The van der Waals surface area contributed by atoms with Gasteiger partial charge in [0.2, 0.25) is 0 Å². The fourth-order valence-corrected chi connectivity index (χ4v) is 2.16. The monoisotopic (exact) mass is 314 g/mol. The van der Waals surface area contributed by atoms with E-state index in [4.69, 9.17) is 9.47 Å². The van der Waals surface area contributed by atoms with E-state index in [-0.39, 0.29) is 5.56 Å². The first-order chi connectivity index (χ1) is 9.65. The Morgan fingerprint density at radius 1 is 1.10 bits per heavy atom. The summed E-state index contributed by atoms with van der Waals surface area (Å²) in [5.41, 5.74) is 0.289. The summed E-state index contributed by atoms with van der Waals surface area (Å²) in [6, 6.07) is 4.71. The average Bonchev–Trinajstić information content (AvgIpc) is 2.39. The first-order valence-corrected chi connectivity index (χ1v) is 8.68. The molecule has 0 saturated heterocycles. The molecule has 0 fully saturated rings. The highest BCUT2D eigenvalue weighted by atomic mass is 32.2. The molecule has 21 heavy (non-hydrogen) atoms. The van der Waals surface area contributed by atoms with Gasteiger partial charge in [0.1, 0.15) is 4.75 Å². The molecule has 6 heteroatoms. The molecule has 0 aliphatic carbocycles. The minimum atomic E-state index is -3.52. The van der Waals surface area contributed by atoms with Crippen molar-refractivity contribution in [2.75, 3.05) is 19.5 Å². The van der Waals surface area contributed by atoms with Crippen LogP contribution in [0, 0.1) is 0 Å². The van der Waals surface area contributed by atoms with E-state index in [0.29, 0.717) is 24.7 Å². The second kappa shape index (κ2) is 6.47. The molecule has 1 rings (SSSR count). The summed E-state index contributed by atoms with van der Waals surface area (Å²) in [5, 5.41) is 0. The number of ether oxygens (including phenoxy) is 2. The maximum absolute atomic E-state index is 12.5. The molecule has 0 amide bonds. The summed E-state index contributed by atoms with van der Waals surface area (Å²) in [7, 11) is -3.52. The van der Waals surface area contributed by atoms with E-state index in [1.54, 1.807) is 12.1 Å². The van der Waals surface area contributed by atoms with Crippen LogP contribution in [0.4, 0.5) is 0 Å². The van der Waals surface area contributed by atoms with Crippen LogP contribution in [0.25, 0.3) is 0 Å². The Balaban J connectivity index is 3.26. The molecule has 0 bridgehead atoms. The molecule has 0 unspecified atom stereocenters. The van der Waals surface area contributed by atoms with Crippen molar-refractivity contribution in [3.05, 3.63) is 23.8 Å². The number of benzene rings is 1. The zero-order valence-electron chi connectivity index (χ0n) is 13.1. The number of carbonyl (C=O) groups excluding carboxylic acids is 1. The summed E-state index contributed by atoms with van der Waals surface area (Å²) < 4.78 is 32.9. The molecule has 0 spiro atoms. The molecule has 0 saturated carbocycles. The number of hydrogen-bond donors (Lipinski definition) is 0. The Hall–Kier alpha value is -1.56. The first-order valence-electron chi connectivity index (χ1n) is 6.79. The van der Waals surface area contributed by atoms with Crippen molar-refractivity contribution >= 4 is 15.6 Å². The van der Waals surface area contributed by atoms with E-state index in [1.807, 2.05) is 13.8 Å². The third-order valence-corrected chi connectivity index (χ3v) is 5.32. The quantitative estimate of drug-likeness (QED) is 0.723. The van der Waals surface area contributed by atoms with Gasteiger partial charge in [0.05, 0.1) is 13.2 Å². The molecule has 0 aromatic heterocycles. The van der Waals surface area contributed by atoms with Crippen LogP contribution < -0.4 is 9.47 Å². The molecular weight excluding hydrogens is 292 g/mol. The van der Waals surface area contributed by atoms with Crippen LogP contribution >= 0.6 is 0 Å². The van der Waals surface area contributed by atoms with Gasteiger partial charge < -0.3 is 9.47 Å². The topological polar surface area (TPSA) is 69.7 Å². The lowest BCUT2D eigenvalue weighted by Gasteiger charge is -2.21. The number of ketones is 1. The molecule has 118 valence electrons. The second-order valence-corrected chi connectivity index (χ2v) is 7.70. The van der Waals surface area contributed by atoms with Gasteiger partial charge in [-0.1, -0.05) is 0 Å². The molecular formula is C15H22O5S. The molecule has 0 radical (unpaired) electrons. The zero-order chi connectivity index (χ0) is 16.3. The lowest BCUT2D eigenvalue weighted by atomic mass is 10.00. The number of hydrogen-bond acceptors (Lipinski definition) is 5. The molecule has 0 heterocycles. The number of Topliss-reactive ketones (excluding diaryl/α,β-unsaturated/α-hetero) is 1. The van der Waals surface area contributed by atoms with Crippen molar-refractivity contribution in [3.63, 3.8) is 0 Å². The van der Waals surface area contributed by atoms with E-state index in [0.717, 1.165) is 6.26 Å². The Labute approximate surface area is 126 Å². The van der Waals surface area contributed by atoms with E-state index >= 15 is 0 Å². The highest BCUT2D eigenvalue weighted by Gasteiger charge is 2.39. The van der Waals surface area contributed by atoms with Crippen LogP contribution in [0.15, 0.2) is 18.2 Å². The predicted octanol–water partition coefficient (Wildman–Crippen LogP) is 2.49. The van der Waals surface area contributed by atoms with Gasteiger partial charge in [-0.15, -0.1) is 0 Å². The summed E-state index contributed by atoms with van der Waals surface area (Å²) in [6.45, 7) is 7.38. The van der Waals surface area contributed by atoms with Crippen LogP contribution in [0.3, 0.4) is 0 Å². The van der Waals surface area contributed by atoms with Crippen LogP contribution in [-0.4, -0.2) is 38.4 Å². The van der Waals surface area contributed by atoms with Gasteiger partial charge in [0.25, 0.3) is 0 Å². The van der Waals surface area contributed by atoms with Gasteiger partial charge in [-0.25, -0.2) is 8.42 Å². The lowest BCUT2D eigenvalue weighted by Crippen LogP contribution is -2.39. The Morgan fingerprint density at radius 2 is 1.62 bits per heavy atom. The lowest BCUT2D eigenvalue weighted by molar-refractivity contribution is 0.0953. The molecule has 5 nitrogen and oxygen atoms in total. The number of rotatable bonds is 7. The third-order valence-electron chi connectivity index (χ3n) is 3.28. The smallest absolute Gasteiger partial charge is 0.183 e. The standard InChI is InChI=1S/C15H22O5S/c1-6-19-12-9-8-11(10-13(12)20-7-2)14(16)15(3,4)21(5,17)18/h8-10H,6-7H2,1-5H3. The van der Waals surface area contributed by atoms with Crippen molar-refractivity contribution in [2.45, 2.75) is 32.4 Å². The van der Waals surface area contributed by atoms with E-state index < -0.39 is 20.4 Å². The second-order valence-electron chi connectivity index (χ2n) is 5.14. The molecule has 0 aliphatic rings. The normalized spacial score (nSPS) is 12.0. The molecule has 0 atom stereocenters. The van der Waals surface area contributed by atoms with Gasteiger partial charge in [0, 0.05) is 11.8 Å². The molecule has 1 aromatic carbocycles. The van der Waals surface area contributed by atoms with Crippen LogP contribution in [0.1, 0.15) is 38.1 Å². The van der Waals surface area contributed by atoms with Crippen molar-refractivity contribution < 1.29 is 22.7 Å². The number of sulfone groups is 1. The summed E-state index contributed by atoms with van der Waals surface area (Å²) in [4.78, 5) is 12.5. The fourth-order valence-electron chi connectivity index (χ4n) is 1.71. The third kappa shape index (κ3) is 3.75. The van der Waals surface area contributed by atoms with E-state index in [1.165, 1.54) is 19.9 Å². The predicted molar refractivity (Wildman–Crippen MR) is 82.0 cm³/mol.